The van der Waals surface area contributed by atoms with Crippen molar-refractivity contribution in [1.82, 2.24) is 0 Å². The zero-order valence-corrected chi connectivity index (χ0v) is 9.52. The average molecular weight is 218 g/mol. The normalized spacial score (nSPS) is 15.7. The number of aliphatic hydroxyl groups excluding tert-OH is 1. The third-order valence-corrected chi connectivity index (χ3v) is 2.19. The van der Waals surface area contributed by atoms with Crippen molar-refractivity contribution in [3.63, 3.8) is 0 Å². The molecule has 5 nitrogen and oxygen atoms in total. The minimum absolute atomic E-state index is 0.139. The molecule has 0 bridgehead atoms. The highest BCUT2D eigenvalue weighted by Crippen LogP contribution is 2.17. The molecule has 1 N–H and O–H groups in total. The average Bonchev–Trinajstić information content (AvgIpc) is 2.26. The number of hydrogen-bond acceptors (Lipinski definition) is 5. The van der Waals surface area contributed by atoms with E-state index in [9.17, 15) is 4.79 Å². The fraction of sp³-hybridized carbons (Fsp3) is 0.700. The Labute approximate surface area is 89.6 Å². The summed E-state index contributed by atoms with van der Waals surface area (Å²) < 4.78 is 14.6. The molecule has 0 saturated heterocycles. The van der Waals surface area contributed by atoms with E-state index in [4.69, 9.17) is 14.6 Å². The quantitative estimate of drug-likeness (QED) is 0.395. The Kier molecular flexibility index (Phi) is 6.73. The summed E-state index contributed by atoms with van der Waals surface area (Å²) in [7, 11) is 4.23. The highest BCUT2D eigenvalue weighted by atomic mass is 16.5. The van der Waals surface area contributed by atoms with Gasteiger partial charge < -0.3 is 19.3 Å². The standard InChI is InChI=1S/C10H18O5/c1-7(9(6-11)14-3)8(13-2)5-10(12)15-4/h5,7,9,11H,6H2,1-4H3/b8-5-/t7-,9-/m0/s1. The molecule has 0 aliphatic carbocycles. The predicted molar refractivity (Wildman–Crippen MR) is 54.2 cm³/mol. The van der Waals surface area contributed by atoms with Crippen LogP contribution in [0, 0.1) is 5.92 Å². The molecular weight excluding hydrogens is 200 g/mol. The van der Waals surface area contributed by atoms with Crippen LogP contribution in [0.1, 0.15) is 6.92 Å². The molecule has 0 aliphatic rings. The smallest absolute Gasteiger partial charge is 0.333 e. The number of methoxy groups -OCH3 is 3. The van der Waals surface area contributed by atoms with Gasteiger partial charge in [0.05, 0.1) is 33.0 Å². The van der Waals surface area contributed by atoms with Crippen LogP contribution in [0.2, 0.25) is 0 Å². The van der Waals surface area contributed by atoms with Crippen LogP contribution in [0.5, 0.6) is 0 Å². The molecule has 0 amide bonds. The molecule has 5 heteroatoms. The van der Waals surface area contributed by atoms with Gasteiger partial charge in [-0.2, -0.15) is 0 Å². The fourth-order valence-electron chi connectivity index (χ4n) is 1.17. The summed E-state index contributed by atoms with van der Waals surface area (Å²) >= 11 is 0. The number of rotatable bonds is 6. The minimum Gasteiger partial charge on any atom is -0.500 e. The molecule has 0 aromatic heterocycles. The predicted octanol–water partition coefficient (Wildman–Crippen LogP) is 0.333. The van der Waals surface area contributed by atoms with Crippen molar-refractivity contribution in [3.8, 4) is 0 Å². The van der Waals surface area contributed by atoms with Crippen LogP contribution in [0.4, 0.5) is 0 Å². The van der Waals surface area contributed by atoms with Gasteiger partial charge in [-0.25, -0.2) is 4.79 Å². The van der Waals surface area contributed by atoms with E-state index in [1.165, 1.54) is 27.4 Å². The van der Waals surface area contributed by atoms with Crippen LogP contribution in [0.15, 0.2) is 11.8 Å². The largest absolute Gasteiger partial charge is 0.500 e. The molecule has 0 spiro atoms. The second-order valence-electron chi connectivity index (χ2n) is 3.02. The van der Waals surface area contributed by atoms with Gasteiger partial charge >= 0.3 is 5.97 Å². The van der Waals surface area contributed by atoms with Crippen LogP contribution in [0.3, 0.4) is 0 Å². The first-order chi connectivity index (χ1) is 7.10. The number of aliphatic hydroxyl groups is 1. The number of esters is 1. The lowest BCUT2D eigenvalue weighted by atomic mass is 10.0. The van der Waals surface area contributed by atoms with Gasteiger partial charge in [0.1, 0.15) is 5.76 Å². The summed E-state index contributed by atoms with van der Waals surface area (Å²) in [6.07, 6.45) is 0.840. The van der Waals surface area contributed by atoms with E-state index in [0.29, 0.717) is 5.76 Å². The van der Waals surface area contributed by atoms with Crippen molar-refractivity contribution >= 4 is 5.97 Å². The van der Waals surface area contributed by atoms with Crippen LogP contribution in [-0.2, 0) is 19.0 Å². The van der Waals surface area contributed by atoms with Gasteiger partial charge in [-0.05, 0) is 0 Å². The highest BCUT2D eigenvalue weighted by molar-refractivity contribution is 5.82. The first kappa shape index (κ1) is 13.9. The van der Waals surface area contributed by atoms with Crippen LogP contribution in [-0.4, -0.2) is 45.1 Å². The number of carbonyl (C=O) groups excluding carboxylic acids is 1. The van der Waals surface area contributed by atoms with Gasteiger partial charge in [0.25, 0.3) is 0 Å². The molecule has 88 valence electrons. The summed E-state index contributed by atoms with van der Waals surface area (Å²) in [5.74, 6) is -0.293. The van der Waals surface area contributed by atoms with E-state index < -0.39 is 12.1 Å². The van der Waals surface area contributed by atoms with Gasteiger partial charge in [-0.15, -0.1) is 0 Å². The van der Waals surface area contributed by atoms with Gasteiger partial charge in [-0.3, -0.25) is 0 Å². The van der Waals surface area contributed by atoms with E-state index in [0.717, 1.165) is 0 Å². The Morgan fingerprint density at radius 2 is 1.93 bits per heavy atom. The summed E-state index contributed by atoms with van der Waals surface area (Å²) in [4.78, 5) is 11.0. The molecule has 0 heterocycles. The number of carbonyl (C=O) groups is 1. The lowest BCUT2D eigenvalue weighted by Crippen LogP contribution is -2.27. The summed E-state index contributed by atoms with van der Waals surface area (Å²) in [5, 5.41) is 9.01. The molecule has 0 aromatic rings. The maximum Gasteiger partial charge on any atom is 0.333 e. The first-order valence-corrected chi connectivity index (χ1v) is 4.57. The minimum atomic E-state index is -0.494. The third kappa shape index (κ3) is 4.31. The molecule has 0 unspecified atom stereocenters. The number of hydrogen-bond donors (Lipinski definition) is 1. The van der Waals surface area contributed by atoms with E-state index in [1.54, 1.807) is 6.92 Å². The Bertz CT molecular complexity index is 220. The lowest BCUT2D eigenvalue weighted by molar-refractivity contribution is -0.135. The van der Waals surface area contributed by atoms with Crippen LogP contribution in [0.25, 0.3) is 0 Å². The molecule has 0 rings (SSSR count). The molecule has 0 aliphatic heterocycles. The van der Waals surface area contributed by atoms with E-state index in [1.807, 2.05) is 0 Å². The lowest BCUT2D eigenvalue weighted by Gasteiger charge is -2.22. The van der Waals surface area contributed by atoms with Gasteiger partial charge in [0, 0.05) is 13.0 Å². The van der Waals surface area contributed by atoms with Crippen molar-refractivity contribution in [2.45, 2.75) is 13.0 Å². The zero-order chi connectivity index (χ0) is 11.8. The Morgan fingerprint density at radius 3 is 2.27 bits per heavy atom. The van der Waals surface area contributed by atoms with Gasteiger partial charge in [-0.1, -0.05) is 6.92 Å². The molecule has 0 aromatic carbocycles. The first-order valence-electron chi connectivity index (χ1n) is 4.57. The Hall–Kier alpha value is -1.07. The second-order valence-corrected chi connectivity index (χ2v) is 3.02. The molecular formula is C10H18O5. The SMILES string of the molecule is COC(=O)/C=C(\OC)[C@H](C)[C@H](CO)OC. The highest BCUT2D eigenvalue weighted by Gasteiger charge is 2.21. The van der Waals surface area contributed by atoms with Crippen molar-refractivity contribution in [2.75, 3.05) is 27.9 Å². The van der Waals surface area contributed by atoms with E-state index >= 15 is 0 Å². The van der Waals surface area contributed by atoms with E-state index in [2.05, 4.69) is 4.74 Å². The summed E-state index contributed by atoms with van der Waals surface area (Å²) in [6, 6.07) is 0. The Morgan fingerprint density at radius 1 is 1.33 bits per heavy atom. The summed E-state index contributed by atoms with van der Waals surface area (Å²) in [5.41, 5.74) is 0. The van der Waals surface area contributed by atoms with Gasteiger partial charge in [0.15, 0.2) is 0 Å². The second kappa shape index (κ2) is 7.25. The number of ether oxygens (including phenoxy) is 3. The Balaban J connectivity index is 4.65. The van der Waals surface area contributed by atoms with Crippen molar-refractivity contribution in [2.24, 2.45) is 5.92 Å². The van der Waals surface area contributed by atoms with Crippen molar-refractivity contribution in [3.05, 3.63) is 11.8 Å². The van der Waals surface area contributed by atoms with Crippen LogP contribution < -0.4 is 0 Å². The summed E-state index contributed by atoms with van der Waals surface area (Å²) in [6.45, 7) is 1.65. The van der Waals surface area contributed by atoms with Gasteiger partial charge in [0.2, 0.25) is 0 Å². The molecule has 0 saturated carbocycles. The monoisotopic (exact) mass is 218 g/mol. The maximum absolute atomic E-state index is 11.0. The van der Waals surface area contributed by atoms with Crippen molar-refractivity contribution < 1.29 is 24.1 Å². The molecule has 15 heavy (non-hydrogen) atoms. The topological polar surface area (TPSA) is 65.0 Å². The van der Waals surface area contributed by atoms with Crippen LogP contribution >= 0.6 is 0 Å². The third-order valence-electron chi connectivity index (χ3n) is 2.19. The maximum atomic E-state index is 11.0. The van der Waals surface area contributed by atoms with Crippen molar-refractivity contribution in [1.29, 1.82) is 0 Å². The van der Waals surface area contributed by atoms with E-state index in [-0.39, 0.29) is 12.5 Å². The molecule has 0 radical (unpaired) electrons. The molecule has 0 fully saturated rings. The zero-order valence-electron chi connectivity index (χ0n) is 9.52. The fourth-order valence-corrected chi connectivity index (χ4v) is 1.17. The molecule has 2 atom stereocenters.